The summed E-state index contributed by atoms with van der Waals surface area (Å²) in [4.78, 5) is 37.9. The minimum atomic E-state index is -2.25. The molecule has 0 spiro atoms. The number of hydrogen-bond donors (Lipinski definition) is 0. The molecule has 0 aliphatic heterocycles. The summed E-state index contributed by atoms with van der Waals surface area (Å²) >= 11 is 0. The summed E-state index contributed by atoms with van der Waals surface area (Å²) in [6.07, 6.45) is 24.4. The zero-order valence-electron chi connectivity index (χ0n) is 37.1. The summed E-state index contributed by atoms with van der Waals surface area (Å²) in [6.45, 7) is 29.6. The average molecular weight is 805 g/mol. The molecule has 0 bridgehead atoms. The Bertz CT molecular complexity index is 1610. The number of esters is 2. The van der Waals surface area contributed by atoms with Crippen LogP contribution in [0, 0.1) is 5.92 Å². The smallest absolute Gasteiger partial charge is 0.338 e. The van der Waals surface area contributed by atoms with E-state index in [-0.39, 0.29) is 27.9 Å². The van der Waals surface area contributed by atoms with Crippen LogP contribution in [0.15, 0.2) is 114 Å². The first-order chi connectivity index (χ1) is 25.9. The second kappa shape index (κ2) is 23.6. The fourth-order valence-corrected chi connectivity index (χ4v) is 7.48. The number of methoxy groups -OCH3 is 1. The lowest BCUT2D eigenvalue weighted by Crippen LogP contribution is -2.47. The highest BCUT2D eigenvalue weighted by atomic mass is 28.4. The van der Waals surface area contributed by atoms with Crippen molar-refractivity contribution < 1.29 is 32.7 Å². The van der Waals surface area contributed by atoms with Crippen LogP contribution < -0.4 is 0 Å². The van der Waals surface area contributed by atoms with Gasteiger partial charge in [-0.3, -0.25) is 9.59 Å². The van der Waals surface area contributed by atoms with E-state index in [2.05, 4.69) is 79.9 Å². The number of allylic oxidation sites excluding steroid dienone is 11. The Kier molecular flexibility index (Phi) is 21.2. The van der Waals surface area contributed by atoms with Crippen molar-refractivity contribution in [3.8, 4) is 0 Å². The van der Waals surface area contributed by atoms with E-state index in [1.807, 2.05) is 87.6 Å². The van der Waals surface area contributed by atoms with Gasteiger partial charge in [-0.05, 0) is 82.0 Å². The maximum atomic E-state index is 13.6. The third-order valence-electron chi connectivity index (χ3n) is 10.6. The molecule has 0 aromatic heterocycles. The lowest BCUT2D eigenvalue weighted by molar-refractivity contribution is -0.140. The topological polar surface area (TPSA) is 88.1 Å². The van der Waals surface area contributed by atoms with E-state index >= 15 is 0 Å². The summed E-state index contributed by atoms with van der Waals surface area (Å²) in [7, 11) is -2.83. The van der Waals surface area contributed by atoms with Crippen molar-refractivity contribution in [3.63, 3.8) is 0 Å². The minimum Gasteiger partial charge on any atom is -0.469 e. The Labute approximate surface area is 342 Å². The lowest BCUT2D eigenvalue weighted by atomic mass is 9.95. The number of Topliss-reactive ketones (excluding diaryl/α,β-unsaturated/α-hetero) is 1. The molecule has 0 aliphatic rings. The van der Waals surface area contributed by atoms with E-state index in [9.17, 15) is 14.4 Å². The van der Waals surface area contributed by atoms with Gasteiger partial charge in [-0.25, -0.2) is 4.79 Å². The molecule has 4 atom stereocenters. The third-order valence-corrected chi connectivity index (χ3v) is 19.6. The van der Waals surface area contributed by atoms with Gasteiger partial charge >= 0.3 is 11.9 Å². The van der Waals surface area contributed by atoms with Gasteiger partial charge in [-0.2, -0.15) is 0 Å². The molecule has 1 aromatic carbocycles. The highest BCUT2D eigenvalue weighted by Gasteiger charge is 2.42. The number of benzene rings is 1. The summed E-state index contributed by atoms with van der Waals surface area (Å²) < 4.78 is 23.9. The van der Waals surface area contributed by atoms with Gasteiger partial charge in [0, 0.05) is 12.3 Å². The predicted octanol–water partition coefficient (Wildman–Crippen LogP) is 12.2. The molecule has 0 aliphatic carbocycles. The molecule has 1 rings (SSSR count). The van der Waals surface area contributed by atoms with E-state index in [0.717, 1.165) is 17.6 Å². The van der Waals surface area contributed by atoms with Crippen molar-refractivity contribution >= 4 is 34.4 Å². The van der Waals surface area contributed by atoms with E-state index in [1.165, 1.54) is 7.11 Å². The molecular formula is C47H72O7Si2. The molecule has 0 radical (unpaired) electrons. The van der Waals surface area contributed by atoms with Crippen LogP contribution in [-0.2, 0) is 27.9 Å². The number of carbonyl (C=O) groups excluding carboxylic acids is 3. The zero-order valence-corrected chi connectivity index (χ0v) is 39.1. The first-order valence-corrected chi connectivity index (χ1v) is 25.6. The largest absolute Gasteiger partial charge is 0.469 e. The van der Waals surface area contributed by atoms with E-state index in [4.69, 9.17) is 18.3 Å². The second-order valence-electron chi connectivity index (χ2n) is 17.5. The van der Waals surface area contributed by atoms with E-state index < -0.39 is 40.7 Å². The standard InChI is InChI=1S/C47H72O7Si2/c1-36(35-42(54-56(14,15)47(8,9)10)38(3)44(49)39(4)52-45(50)40-29-25-23-26-30-40)28-24-21-19-17-16-18-20-22-27-31-41(53-55(12,13)46(5,6)7)34-37(2)32-33-43(48)51-11/h16-30,34-35,38-39,41-42H,31-33H2,1-15H3/b17-16+,20-18+,21-19+,27-22+,28-24+,36-35+,37-34+/t38-,39+,41+,42-/m1/s1. The predicted molar refractivity (Wildman–Crippen MR) is 239 cm³/mol. The second-order valence-corrected chi connectivity index (χ2v) is 27.1. The normalized spacial score (nSPS) is 16.3. The van der Waals surface area contributed by atoms with Crippen molar-refractivity contribution in [2.45, 2.75) is 143 Å². The summed E-state index contributed by atoms with van der Waals surface area (Å²) in [5.41, 5.74) is 2.49. The molecule has 9 heteroatoms. The van der Waals surface area contributed by atoms with Gasteiger partial charge in [0.05, 0.1) is 24.9 Å². The van der Waals surface area contributed by atoms with Crippen molar-refractivity contribution in [3.05, 3.63) is 120 Å². The van der Waals surface area contributed by atoms with Crippen molar-refractivity contribution in [1.29, 1.82) is 0 Å². The Hall–Kier alpha value is -3.64. The van der Waals surface area contributed by atoms with Crippen LogP contribution in [0.4, 0.5) is 0 Å². The summed E-state index contributed by atoms with van der Waals surface area (Å²) in [6, 6.07) is 8.70. The van der Waals surface area contributed by atoms with Crippen LogP contribution in [0.2, 0.25) is 36.3 Å². The zero-order chi connectivity index (χ0) is 42.7. The maximum absolute atomic E-state index is 13.6. The highest BCUT2D eigenvalue weighted by Crippen LogP contribution is 2.39. The van der Waals surface area contributed by atoms with E-state index in [1.54, 1.807) is 31.2 Å². The Morgan fingerprint density at radius 2 is 1.23 bits per heavy atom. The van der Waals surface area contributed by atoms with Crippen LogP contribution in [0.5, 0.6) is 0 Å². The van der Waals surface area contributed by atoms with Crippen LogP contribution in [0.1, 0.15) is 98.9 Å². The highest BCUT2D eigenvalue weighted by molar-refractivity contribution is 6.74. The fraction of sp³-hybridized carbons (Fsp3) is 0.511. The first-order valence-electron chi connectivity index (χ1n) is 19.8. The molecule has 0 saturated carbocycles. The van der Waals surface area contributed by atoms with Gasteiger partial charge in [0.15, 0.2) is 28.5 Å². The molecule has 0 N–H and O–H groups in total. The maximum Gasteiger partial charge on any atom is 0.338 e. The third kappa shape index (κ3) is 18.5. The quantitative estimate of drug-likeness (QED) is 0.0529. The van der Waals surface area contributed by atoms with E-state index in [0.29, 0.717) is 18.4 Å². The first kappa shape index (κ1) is 50.4. The monoisotopic (exact) mass is 804 g/mol. The van der Waals surface area contributed by atoms with Crippen LogP contribution >= 0.6 is 0 Å². The van der Waals surface area contributed by atoms with Gasteiger partial charge in [-0.1, -0.05) is 151 Å². The number of ether oxygens (including phenoxy) is 2. The summed E-state index contributed by atoms with van der Waals surface area (Å²) in [5, 5.41) is 0.0364. The lowest BCUT2D eigenvalue weighted by Gasteiger charge is -2.40. The molecule has 56 heavy (non-hydrogen) atoms. The molecular weight excluding hydrogens is 733 g/mol. The molecule has 0 fully saturated rings. The average Bonchev–Trinajstić information content (AvgIpc) is 3.10. The molecule has 0 unspecified atom stereocenters. The van der Waals surface area contributed by atoms with Crippen molar-refractivity contribution in [1.82, 2.24) is 0 Å². The van der Waals surface area contributed by atoms with Gasteiger partial charge < -0.3 is 18.3 Å². The molecule has 310 valence electrons. The van der Waals surface area contributed by atoms with Crippen LogP contribution in [0.3, 0.4) is 0 Å². The minimum absolute atomic E-state index is 0.0536. The van der Waals surface area contributed by atoms with Crippen molar-refractivity contribution in [2.75, 3.05) is 7.11 Å². The van der Waals surface area contributed by atoms with Gasteiger partial charge in [-0.15, -0.1) is 0 Å². The van der Waals surface area contributed by atoms with Crippen molar-refractivity contribution in [2.24, 2.45) is 5.92 Å². The van der Waals surface area contributed by atoms with Gasteiger partial charge in [0.2, 0.25) is 0 Å². The summed E-state index contributed by atoms with van der Waals surface area (Å²) in [5.74, 6) is -1.44. The fourth-order valence-electron chi connectivity index (χ4n) is 4.90. The van der Waals surface area contributed by atoms with Crippen LogP contribution in [-0.4, -0.2) is 59.8 Å². The molecule has 7 nitrogen and oxygen atoms in total. The van der Waals surface area contributed by atoms with Gasteiger partial charge in [0.1, 0.15) is 0 Å². The Balaban J connectivity index is 2.97. The molecule has 1 aromatic rings. The number of rotatable bonds is 21. The number of carbonyl (C=O) groups is 3. The molecule has 0 saturated heterocycles. The molecule has 0 heterocycles. The number of ketones is 1. The SMILES string of the molecule is COC(=O)CC/C(C)=C/[C@H](C/C=C/C=C/C=C/C=C/C=C/C(C)=C/[C@@H](O[Si](C)(C)C(C)(C)C)[C@@H](C)C(=O)[C@H](C)OC(=O)c1ccccc1)O[Si](C)(C)C(C)(C)C. The molecule has 0 amide bonds. The number of hydrogen-bond acceptors (Lipinski definition) is 7. The Morgan fingerprint density at radius 3 is 1.77 bits per heavy atom. The van der Waals surface area contributed by atoms with Crippen LogP contribution in [0.25, 0.3) is 0 Å². The van der Waals surface area contributed by atoms with Gasteiger partial charge in [0.25, 0.3) is 0 Å². The Morgan fingerprint density at radius 1 is 0.714 bits per heavy atom.